The molecule has 7 heteroatoms. The maximum absolute atomic E-state index is 12.2. The minimum Gasteiger partial charge on any atom is -0.336 e. The molecule has 1 N–H and O–H groups in total. The van der Waals surface area contributed by atoms with E-state index in [1.165, 1.54) is 0 Å². The zero-order chi connectivity index (χ0) is 16.2. The Labute approximate surface area is 138 Å². The molecule has 0 heterocycles. The van der Waals surface area contributed by atoms with E-state index >= 15 is 0 Å². The average molecular weight is 385 g/mol. The Hall–Kier alpha value is -1.39. The second-order valence-electron chi connectivity index (χ2n) is 5.40. The second kappa shape index (κ2) is 7.25. The summed E-state index contributed by atoms with van der Waals surface area (Å²) in [6, 6.07) is 8.13. The van der Waals surface area contributed by atoms with Crippen LogP contribution in [-0.4, -0.2) is 25.3 Å². The molecule has 0 aliphatic heterocycles. The topological polar surface area (TPSA) is 87.0 Å². The summed E-state index contributed by atoms with van der Waals surface area (Å²) in [6.45, 7) is 0. The third-order valence-corrected chi connectivity index (χ3v) is 6.40. The molecule has 1 atom stereocenters. The Balaban J connectivity index is 2.02. The molecule has 1 aromatic carbocycles. The quantitative estimate of drug-likeness (QED) is 0.844. The molecule has 1 aliphatic carbocycles. The number of carbonyl (C=O) groups is 1. The Kier molecular flexibility index (Phi) is 5.59. The molecule has 2 rings (SSSR count). The van der Waals surface area contributed by atoms with Gasteiger partial charge in [-0.15, -0.1) is 0 Å². The van der Waals surface area contributed by atoms with Crippen LogP contribution in [0, 0.1) is 11.3 Å². The lowest BCUT2D eigenvalue weighted by molar-refractivity contribution is -0.119. The van der Waals surface area contributed by atoms with Gasteiger partial charge in [-0.2, -0.15) is 5.26 Å². The molecule has 1 aromatic rings. The average Bonchev–Trinajstić information content (AvgIpc) is 2.99. The van der Waals surface area contributed by atoms with Crippen LogP contribution >= 0.6 is 15.9 Å². The van der Waals surface area contributed by atoms with Crippen molar-refractivity contribution in [3.8, 4) is 6.07 Å². The van der Waals surface area contributed by atoms with Crippen LogP contribution in [0.25, 0.3) is 0 Å². The van der Waals surface area contributed by atoms with Gasteiger partial charge in [0.2, 0.25) is 5.91 Å². The van der Waals surface area contributed by atoms with Crippen LogP contribution in [0.5, 0.6) is 0 Å². The molecule has 0 bridgehead atoms. The Bertz CT molecular complexity index is 691. The van der Waals surface area contributed by atoms with Crippen LogP contribution in [0.3, 0.4) is 0 Å². The molecule has 0 aromatic heterocycles. The van der Waals surface area contributed by atoms with Gasteiger partial charge < -0.3 is 5.32 Å². The fourth-order valence-corrected chi connectivity index (χ4v) is 4.78. The molecule has 118 valence electrons. The molecule has 5 nitrogen and oxygen atoms in total. The minimum absolute atomic E-state index is 0.412. The van der Waals surface area contributed by atoms with Gasteiger partial charge in [0, 0.05) is 4.47 Å². The molecule has 1 saturated carbocycles. The predicted molar refractivity (Wildman–Crippen MR) is 86.7 cm³/mol. The fraction of sp³-hybridized carbons (Fsp3) is 0.467. The zero-order valence-corrected chi connectivity index (χ0v) is 14.4. The number of nitrogens with zero attached hydrogens (tertiary/aromatic N) is 1. The summed E-state index contributed by atoms with van der Waals surface area (Å²) in [5.41, 5.74) is 0.614. The summed E-state index contributed by atoms with van der Waals surface area (Å²) >= 11 is 3.30. The fourth-order valence-electron chi connectivity index (χ4n) is 2.63. The number of amides is 1. The van der Waals surface area contributed by atoms with Crippen molar-refractivity contribution >= 4 is 31.7 Å². The van der Waals surface area contributed by atoms with Crippen molar-refractivity contribution in [3.63, 3.8) is 0 Å². The van der Waals surface area contributed by atoms with Gasteiger partial charge in [0.25, 0.3) is 0 Å². The summed E-state index contributed by atoms with van der Waals surface area (Å²) in [4.78, 5) is 12.0. The van der Waals surface area contributed by atoms with E-state index in [-0.39, 0.29) is 0 Å². The van der Waals surface area contributed by atoms with E-state index in [4.69, 9.17) is 0 Å². The van der Waals surface area contributed by atoms with Crippen LogP contribution < -0.4 is 5.32 Å². The molecule has 0 radical (unpaired) electrons. The zero-order valence-electron chi connectivity index (χ0n) is 12.0. The van der Waals surface area contributed by atoms with Crippen LogP contribution in [-0.2, 0) is 14.6 Å². The van der Waals surface area contributed by atoms with Gasteiger partial charge in [-0.25, -0.2) is 8.42 Å². The first-order chi connectivity index (χ1) is 10.4. The van der Waals surface area contributed by atoms with Crippen molar-refractivity contribution in [2.45, 2.75) is 37.0 Å². The third-order valence-electron chi connectivity index (χ3n) is 3.76. The molecule has 22 heavy (non-hydrogen) atoms. The largest absolute Gasteiger partial charge is 0.336 e. The molecule has 0 unspecified atom stereocenters. The van der Waals surface area contributed by atoms with Crippen LogP contribution in [0.15, 0.2) is 28.7 Å². The molecular formula is C15H17BrN2O3S. The first kappa shape index (κ1) is 17.0. The minimum atomic E-state index is -3.43. The number of halogens is 1. The van der Waals surface area contributed by atoms with Crippen LogP contribution in [0.4, 0.5) is 0 Å². The number of hydrogen-bond donors (Lipinski definition) is 1. The van der Waals surface area contributed by atoms with E-state index in [1.807, 2.05) is 12.1 Å². The SMILES string of the molecule is N#C[C@H](NC(=O)CS(=O)(=O)C1CCCC1)c1cccc(Br)c1. The summed E-state index contributed by atoms with van der Waals surface area (Å²) in [5, 5.41) is 11.3. The summed E-state index contributed by atoms with van der Waals surface area (Å²) < 4.78 is 25.1. The van der Waals surface area contributed by atoms with E-state index in [2.05, 4.69) is 21.2 Å². The van der Waals surface area contributed by atoms with E-state index in [9.17, 15) is 18.5 Å². The maximum Gasteiger partial charge on any atom is 0.236 e. The lowest BCUT2D eigenvalue weighted by Gasteiger charge is -2.14. The van der Waals surface area contributed by atoms with Crippen molar-refractivity contribution in [1.82, 2.24) is 5.32 Å². The third kappa shape index (κ3) is 4.31. The Morgan fingerprint density at radius 1 is 1.41 bits per heavy atom. The van der Waals surface area contributed by atoms with E-state index in [0.717, 1.165) is 17.3 Å². The highest BCUT2D eigenvalue weighted by atomic mass is 79.9. The smallest absolute Gasteiger partial charge is 0.236 e. The molecule has 1 fully saturated rings. The standard InChI is InChI=1S/C15H17BrN2O3S/c16-12-5-3-4-11(8-12)14(9-17)18-15(19)10-22(20,21)13-6-1-2-7-13/h3-5,8,13-14H,1-2,6-7,10H2,(H,18,19)/t14-/m0/s1. The number of sulfone groups is 1. The normalized spacial score (nSPS) is 16.9. The number of hydrogen-bond acceptors (Lipinski definition) is 4. The van der Waals surface area contributed by atoms with Gasteiger partial charge in [0.1, 0.15) is 11.8 Å². The molecular weight excluding hydrogens is 368 g/mol. The lowest BCUT2D eigenvalue weighted by Crippen LogP contribution is -2.36. The van der Waals surface area contributed by atoms with Crippen molar-refractivity contribution in [2.24, 2.45) is 0 Å². The molecule has 1 amide bonds. The van der Waals surface area contributed by atoms with Crippen LogP contribution in [0.1, 0.15) is 37.3 Å². The van der Waals surface area contributed by atoms with E-state index in [0.29, 0.717) is 18.4 Å². The van der Waals surface area contributed by atoms with Crippen molar-refractivity contribution in [2.75, 3.05) is 5.75 Å². The monoisotopic (exact) mass is 384 g/mol. The number of nitrogens with one attached hydrogen (secondary N) is 1. The highest BCUT2D eigenvalue weighted by Gasteiger charge is 2.31. The van der Waals surface area contributed by atoms with Crippen molar-refractivity contribution < 1.29 is 13.2 Å². The van der Waals surface area contributed by atoms with Crippen molar-refractivity contribution in [1.29, 1.82) is 5.26 Å². The number of rotatable bonds is 5. The number of nitriles is 1. The number of benzene rings is 1. The maximum atomic E-state index is 12.2. The van der Waals surface area contributed by atoms with Gasteiger partial charge in [-0.05, 0) is 30.5 Å². The Morgan fingerprint density at radius 3 is 2.68 bits per heavy atom. The highest BCUT2D eigenvalue weighted by Crippen LogP contribution is 2.25. The number of carbonyl (C=O) groups excluding carboxylic acids is 1. The first-order valence-electron chi connectivity index (χ1n) is 7.08. The van der Waals surface area contributed by atoms with Gasteiger partial charge in [0.15, 0.2) is 9.84 Å². The van der Waals surface area contributed by atoms with Crippen molar-refractivity contribution in [3.05, 3.63) is 34.3 Å². The van der Waals surface area contributed by atoms with Gasteiger partial charge >= 0.3 is 0 Å². The molecule has 0 spiro atoms. The molecule has 0 saturated heterocycles. The second-order valence-corrected chi connectivity index (χ2v) is 8.60. The molecule has 1 aliphatic rings. The van der Waals surface area contributed by atoms with Crippen LogP contribution in [0.2, 0.25) is 0 Å². The summed E-state index contributed by atoms with van der Waals surface area (Å²) in [7, 11) is -3.43. The van der Waals surface area contributed by atoms with E-state index < -0.39 is 32.8 Å². The summed E-state index contributed by atoms with van der Waals surface area (Å²) in [6.07, 6.45) is 3.04. The predicted octanol–water partition coefficient (Wildman–Crippen LogP) is 2.49. The van der Waals surface area contributed by atoms with Gasteiger partial charge in [-0.3, -0.25) is 4.79 Å². The van der Waals surface area contributed by atoms with Gasteiger partial charge in [-0.1, -0.05) is 40.9 Å². The first-order valence-corrected chi connectivity index (χ1v) is 9.59. The summed E-state index contributed by atoms with van der Waals surface area (Å²) in [5.74, 6) is -1.18. The van der Waals surface area contributed by atoms with Gasteiger partial charge in [0.05, 0.1) is 11.3 Å². The highest BCUT2D eigenvalue weighted by molar-refractivity contribution is 9.10. The van der Waals surface area contributed by atoms with E-state index in [1.54, 1.807) is 18.2 Å². The Morgan fingerprint density at radius 2 is 2.09 bits per heavy atom. The lowest BCUT2D eigenvalue weighted by atomic mass is 10.1.